The molecule has 0 unspecified atom stereocenters. The number of amides is 1. The number of aromatic nitrogens is 1. The van der Waals surface area contributed by atoms with Gasteiger partial charge < -0.3 is 9.88 Å². The van der Waals surface area contributed by atoms with Gasteiger partial charge in [0, 0.05) is 16.8 Å². The second-order valence-corrected chi connectivity index (χ2v) is 7.64. The number of hydrogen-bond donors (Lipinski definition) is 1. The van der Waals surface area contributed by atoms with Gasteiger partial charge in [-0.3, -0.25) is 9.59 Å². The second kappa shape index (κ2) is 7.99. The zero-order valence-electron chi connectivity index (χ0n) is 17.4. The van der Waals surface area contributed by atoms with Gasteiger partial charge in [0.2, 0.25) is 0 Å². The third-order valence-electron chi connectivity index (χ3n) is 5.63. The number of carbonyl (C=O) groups excluding carboxylic acids is 1. The van der Waals surface area contributed by atoms with Crippen molar-refractivity contribution in [2.45, 2.75) is 27.3 Å². The van der Waals surface area contributed by atoms with E-state index in [0.717, 1.165) is 33.3 Å². The number of para-hydroxylation sites is 1. The lowest BCUT2D eigenvalue weighted by atomic mass is 10.0. The highest BCUT2D eigenvalue weighted by molar-refractivity contribution is 6.06. The number of nitrogens with zero attached hydrogens (tertiary/aromatic N) is 1. The van der Waals surface area contributed by atoms with Crippen LogP contribution in [0, 0.1) is 20.8 Å². The summed E-state index contributed by atoms with van der Waals surface area (Å²) in [5.41, 5.74) is 5.75. The van der Waals surface area contributed by atoms with Crippen LogP contribution in [0.15, 0.2) is 77.6 Å². The van der Waals surface area contributed by atoms with E-state index in [1.807, 2.05) is 81.4 Å². The van der Waals surface area contributed by atoms with E-state index in [1.165, 1.54) is 0 Å². The minimum Gasteiger partial charge on any atom is -0.321 e. The van der Waals surface area contributed by atoms with Crippen LogP contribution < -0.4 is 10.5 Å². The first kappa shape index (κ1) is 19.6. The fraction of sp³-hybridized carbons (Fsp3) is 0.154. The van der Waals surface area contributed by atoms with Gasteiger partial charge in [0.25, 0.3) is 11.5 Å². The van der Waals surface area contributed by atoms with E-state index < -0.39 is 0 Å². The standard InChI is InChI=1S/C26H24N2O2/c1-17-9-8-14-23(19(17)3)28(26(30)20-11-5-4-6-12-20)16-22-15-21-13-7-10-18(2)24(21)27-25(22)29/h4-15H,16H2,1-3H3,(H,27,29). The van der Waals surface area contributed by atoms with Crippen LogP contribution in [0.3, 0.4) is 0 Å². The van der Waals surface area contributed by atoms with Crippen LogP contribution >= 0.6 is 0 Å². The summed E-state index contributed by atoms with van der Waals surface area (Å²) in [5, 5.41) is 0.956. The molecule has 150 valence electrons. The molecule has 1 amide bonds. The zero-order valence-corrected chi connectivity index (χ0v) is 17.4. The molecule has 0 atom stereocenters. The topological polar surface area (TPSA) is 53.2 Å². The van der Waals surface area contributed by atoms with Crippen molar-refractivity contribution in [3.63, 3.8) is 0 Å². The Morgan fingerprint density at radius 2 is 1.57 bits per heavy atom. The highest BCUT2D eigenvalue weighted by Crippen LogP contribution is 2.26. The fourth-order valence-corrected chi connectivity index (χ4v) is 3.75. The molecule has 4 heteroatoms. The van der Waals surface area contributed by atoms with Crippen LogP contribution in [0.5, 0.6) is 0 Å². The number of anilines is 1. The Hall–Kier alpha value is -3.66. The van der Waals surface area contributed by atoms with E-state index in [9.17, 15) is 9.59 Å². The average molecular weight is 396 g/mol. The minimum atomic E-state index is -0.173. The SMILES string of the molecule is Cc1cccc(N(Cc2cc3cccc(C)c3[nH]c2=O)C(=O)c2ccccc2)c1C. The minimum absolute atomic E-state index is 0.131. The van der Waals surface area contributed by atoms with Crippen molar-refractivity contribution in [2.24, 2.45) is 0 Å². The Kier molecular flexibility index (Phi) is 5.23. The number of hydrogen-bond acceptors (Lipinski definition) is 2. The first-order chi connectivity index (χ1) is 14.5. The fourth-order valence-electron chi connectivity index (χ4n) is 3.75. The molecular formula is C26H24N2O2. The summed E-state index contributed by atoms with van der Waals surface area (Å²) in [6, 6.07) is 22.9. The third-order valence-corrected chi connectivity index (χ3v) is 5.63. The van der Waals surface area contributed by atoms with Gasteiger partial charge >= 0.3 is 0 Å². The molecule has 1 heterocycles. The van der Waals surface area contributed by atoms with Crippen LogP contribution in [0.25, 0.3) is 10.9 Å². The van der Waals surface area contributed by atoms with Gasteiger partial charge in [0.1, 0.15) is 0 Å². The Labute approximate surface area is 175 Å². The van der Waals surface area contributed by atoms with Crippen LogP contribution in [0.1, 0.15) is 32.6 Å². The molecule has 0 aliphatic rings. The van der Waals surface area contributed by atoms with E-state index in [-0.39, 0.29) is 18.0 Å². The Bertz CT molecular complexity index is 1290. The van der Waals surface area contributed by atoms with E-state index in [0.29, 0.717) is 11.1 Å². The summed E-state index contributed by atoms with van der Waals surface area (Å²) in [6.07, 6.45) is 0. The van der Waals surface area contributed by atoms with Gasteiger partial charge in [-0.1, -0.05) is 48.5 Å². The number of aryl methyl sites for hydroxylation is 2. The van der Waals surface area contributed by atoms with E-state index in [2.05, 4.69) is 4.98 Å². The van der Waals surface area contributed by atoms with E-state index in [1.54, 1.807) is 17.0 Å². The largest absolute Gasteiger partial charge is 0.321 e. The molecule has 0 aliphatic heterocycles. The second-order valence-electron chi connectivity index (χ2n) is 7.64. The Morgan fingerprint density at radius 1 is 0.867 bits per heavy atom. The quantitative estimate of drug-likeness (QED) is 0.509. The monoisotopic (exact) mass is 396 g/mol. The molecule has 4 aromatic rings. The molecule has 0 aliphatic carbocycles. The lowest BCUT2D eigenvalue weighted by molar-refractivity contribution is 0.0985. The molecule has 1 aromatic heterocycles. The first-order valence-electron chi connectivity index (χ1n) is 10.0. The summed E-state index contributed by atoms with van der Waals surface area (Å²) >= 11 is 0. The van der Waals surface area contributed by atoms with Gasteiger partial charge in [-0.25, -0.2) is 0 Å². The maximum atomic E-state index is 13.5. The van der Waals surface area contributed by atoms with Crippen molar-refractivity contribution in [3.8, 4) is 0 Å². The van der Waals surface area contributed by atoms with Crippen molar-refractivity contribution in [2.75, 3.05) is 4.90 Å². The van der Waals surface area contributed by atoms with Crippen LogP contribution in [0.4, 0.5) is 5.69 Å². The number of rotatable bonds is 4. The molecule has 0 spiro atoms. The summed E-state index contributed by atoms with van der Waals surface area (Å²) in [7, 11) is 0. The van der Waals surface area contributed by atoms with Crippen molar-refractivity contribution in [1.82, 2.24) is 4.98 Å². The predicted molar refractivity (Wildman–Crippen MR) is 122 cm³/mol. The average Bonchev–Trinajstić information content (AvgIpc) is 2.75. The van der Waals surface area contributed by atoms with Crippen molar-refractivity contribution in [3.05, 3.63) is 111 Å². The molecule has 3 aromatic carbocycles. The number of nitrogens with one attached hydrogen (secondary N) is 1. The lowest BCUT2D eigenvalue weighted by Crippen LogP contribution is -2.33. The third kappa shape index (κ3) is 3.64. The van der Waals surface area contributed by atoms with Crippen LogP contribution in [-0.4, -0.2) is 10.9 Å². The Balaban J connectivity index is 1.84. The highest BCUT2D eigenvalue weighted by atomic mass is 16.2. The number of pyridine rings is 1. The van der Waals surface area contributed by atoms with E-state index in [4.69, 9.17) is 0 Å². The molecule has 0 radical (unpaired) electrons. The first-order valence-corrected chi connectivity index (χ1v) is 10.0. The van der Waals surface area contributed by atoms with Gasteiger partial charge in [-0.15, -0.1) is 0 Å². The number of benzene rings is 3. The molecule has 0 bridgehead atoms. The van der Waals surface area contributed by atoms with Gasteiger partial charge in [-0.2, -0.15) is 0 Å². The van der Waals surface area contributed by atoms with E-state index >= 15 is 0 Å². The normalized spacial score (nSPS) is 10.9. The molecule has 30 heavy (non-hydrogen) atoms. The lowest BCUT2D eigenvalue weighted by Gasteiger charge is -2.25. The van der Waals surface area contributed by atoms with Crippen LogP contribution in [0.2, 0.25) is 0 Å². The summed E-state index contributed by atoms with van der Waals surface area (Å²) in [4.78, 5) is 31.0. The molecule has 0 saturated carbocycles. The Morgan fingerprint density at radius 3 is 2.33 bits per heavy atom. The maximum Gasteiger partial charge on any atom is 0.258 e. The molecule has 4 nitrogen and oxygen atoms in total. The summed E-state index contributed by atoms with van der Waals surface area (Å²) < 4.78 is 0. The van der Waals surface area contributed by atoms with Gasteiger partial charge in [0.05, 0.1) is 12.1 Å². The number of carbonyl (C=O) groups is 1. The zero-order chi connectivity index (χ0) is 21.3. The van der Waals surface area contributed by atoms with Gasteiger partial charge in [-0.05, 0) is 67.1 Å². The number of H-pyrrole nitrogens is 1. The number of aromatic amines is 1. The molecule has 0 fully saturated rings. The maximum absolute atomic E-state index is 13.5. The van der Waals surface area contributed by atoms with Gasteiger partial charge in [0.15, 0.2) is 0 Å². The molecule has 0 saturated heterocycles. The molecular weight excluding hydrogens is 372 g/mol. The van der Waals surface area contributed by atoms with Crippen LogP contribution in [-0.2, 0) is 6.54 Å². The molecule has 1 N–H and O–H groups in total. The van der Waals surface area contributed by atoms with Crippen molar-refractivity contribution >= 4 is 22.5 Å². The highest BCUT2D eigenvalue weighted by Gasteiger charge is 2.21. The van der Waals surface area contributed by atoms with Crippen molar-refractivity contribution in [1.29, 1.82) is 0 Å². The summed E-state index contributed by atoms with van der Waals surface area (Å²) in [5.74, 6) is -0.131. The smallest absolute Gasteiger partial charge is 0.258 e. The van der Waals surface area contributed by atoms with Crippen molar-refractivity contribution < 1.29 is 4.79 Å². The number of fused-ring (bicyclic) bond motifs is 1. The molecule has 4 rings (SSSR count). The summed E-state index contributed by atoms with van der Waals surface area (Å²) in [6.45, 7) is 6.19. The predicted octanol–water partition coefficient (Wildman–Crippen LogP) is 5.30.